The van der Waals surface area contributed by atoms with E-state index in [2.05, 4.69) is 48.5 Å². The van der Waals surface area contributed by atoms with Crippen molar-refractivity contribution in [3.05, 3.63) is 48.0 Å². The zero-order chi connectivity index (χ0) is 12.4. The second-order valence-electron chi connectivity index (χ2n) is 5.35. The molecule has 0 aliphatic heterocycles. The molecule has 0 N–H and O–H groups in total. The molecule has 0 aromatic heterocycles. The summed E-state index contributed by atoms with van der Waals surface area (Å²) in [5.41, 5.74) is 1.50. The number of rotatable bonds is 2. The van der Waals surface area contributed by atoms with E-state index in [1.54, 1.807) is 0 Å². The monoisotopic (exact) mass is 235 g/mol. The van der Waals surface area contributed by atoms with E-state index in [0.717, 1.165) is 12.8 Å². The minimum absolute atomic E-state index is 0.107. The first-order valence-electron chi connectivity index (χ1n) is 6.71. The van der Waals surface area contributed by atoms with Crippen LogP contribution in [-0.2, 0) is 5.41 Å². The number of hydrogen-bond acceptors (Lipinski definition) is 1. The largest absolute Gasteiger partial charge is 0.198 e. The van der Waals surface area contributed by atoms with Crippen LogP contribution in [0.15, 0.2) is 42.5 Å². The minimum Gasteiger partial charge on any atom is -0.198 e. The van der Waals surface area contributed by atoms with Crippen LogP contribution < -0.4 is 0 Å². The van der Waals surface area contributed by atoms with Crippen LogP contribution in [0, 0.1) is 11.3 Å². The van der Waals surface area contributed by atoms with Crippen molar-refractivity contribution in [1.29, 1.82) is 5.26 Å². The van der Waals surface area contributed by atoms with Crippen LogP contribution in [0.5, 0.6) is 0 Å². The molecular formula is C17H17N. The van der Waals surface area contributed by atoms with Gasteiger partial charge < -0.3 is 0 Å². The molecule has 1 nitrogen and oxygen atoms in total. The fourth-order valence-electron chi connectivity index (χ4n) is 3.43. The van der Waals surface area contributed by atoms with E-state index in [0.29, 0.717) is 6.42 Å². The normalized spacial score (nSPS) is 17.7. The third-order valence-corrected chi connectivity index (χ3v) is 4.34. The lowest BCUT2D eigenvalue weighted by Crippen LogP contribution is -2.21. The molecule has 18 heavy (non-hydrogen) atoms. The van der Waals surface area contributed by atoms with Crippen LogP contribution >= 0.6 is 0 Å². The number of hydrogen-bond donors (Lipinski definition) is 0. The van der Waals surface area contributed by atoms with E-state index in [-0.39, 0.29) is 5.41 Å². The van der Waals surface area contributed by atoms with Crippen molar-refractivity contribution in [2.75, 3.05) is 0 Å². The molecule has 1 heteroatoms. The Balaban J connectivity index is 2.21. The number of nitriles is 1. The van der Waals surface area contributed by atoms with E-state index in [9.17, 15) is 5.26 Å². The molecule has 3 rings (SSSR count). The summed E-state index contributed by atoms with van der Waals surface area (Å²) in [5, 5.41) is 11.8. The summed E-state index contributed by atoms with van der Waals surface area (Å²) < 4.78 is 0. The lowest BCUT2D eigenvalue weighted by Gasteiger charge is -2.28. The Bertz CT molecular complexity index is 595. The number of benzene rings is 2. The maximum atomic E-state index is 9.18. The molecule has 0 atom stereocenters. The van der Waals surface area contributed by atoms with Gasteiger partial charge in [-0.2, -0.15) is 5.26 Å². The first-order chi connectivity index (χ1) is 8.86. The molecular weight excluding hydrogens is 218 g/mol. The molecule has 0 unspecified atom stereocenters. The predicted molar refractivity (Wildman–Crippen MR) is 74.3 cm³/mol. The smallest absolute Gasteiger partial charge is 0.0631 e. The van der Waals surface area contributed by atoms with Gasteiger partial charge >= 0.3 is 0 Å². The second kappa shape index (κ2) is 4.46. The maximum Gasteiger partial charge on any atom is 0.0631 e. The van der Waals surface area contributed by atoms with Crippen molar-refractivity contribution in [2.24, 2.45) is 0 Å². The van der Waals surface area contributed by atoms with Crippen LogP contribution in [0.1, 0.15) is 37.7 Å². The molecule has 0 heterocycles. The van der Waals surface area contributed by atoms with Crippen LogP contribution in [-0.4, -0.2) is 0 Å². The summed E-state index contributed by atoms with van der Waals surface area (Å²) in [6, 6.07) is 17.5. The van der Waals surface area contributed by atoms with Crippen molar-refractivity contribution in [3.8, 4) is 6.07 Å². The van der Waals surface area contributed by atoms with E-state index < -0.39 is 0 Å². The van der Waals surface area contributed by atoms with Crippen molar-refractivity contribution >= 4 is 10.8 Å². The van der Waals surface area contributed by atoms with Crippen LogP contribution in [0.3, 0.4) is 0 Å². The van der Waals surface area contributed by atoms with Gasteiger partial charge in [0.05, 0.1) is 6.07 Å². The molecule has 0 spiro atoms. The number of fused-ring (bicyclic) bond motifs is 1. The standard InChI is InChI=1S/C17H17N/c18-13-12-17(10-3-4-11-17)16-9-5-7-14-6-1-2-8-15(14)16/h1-2,5-9H,3-4,10-12H2. The van der Waals surface area contributed by atoms with E-state index in [1.807, 2.05) is 0 Å². The first-order valence-corrected chi connectivity index (χ1v) is 6.71. The van der Waals surface area contributed by atoms with Gasteiger partial charge in [0, 0.05) is 11.8 Å². The highest BCUT2D eigenvalue weighted by Gasteiger charge is 2.36. The molecule has 1 aliphatic rings. The molecule has 1 aliphatic carbocycles. The highest BCUT2D eigenvalue weighted by Crippen LogP contribution is 2.45. The predicted octanol–water partition coefficient (Wildman–Crippen LogP) is 4.57. The molecule has 2 aromatic carbocycles. The Labute approximate surface area is 108 Å². The van der Waals surface area contributed by atoms with Gasteiger partial charge in [-0.15, -0.1) is 0 Å². The summed E-state index contributed by atoms with van der Waals surface area (Å²) in [6.07, 6.45) is 5.49. The average Bonchev–Trinajstić information content (AvgIpc) is 2.88. The Hall–Kier alpha value is -1.81. The fourth-order valence-corrected chi connectivity index (χ4v) is 3.43. The van der Waals surface area contributed by atoms with E-state index >= 15 is 0 Å². The molecule has 0 saturated heterocycles. The lowest BCUT2D eigenvalue weighted by atomic mass is 9.74. The third-order valence-electron chi connectivity index (χ3n) is 4.34. The van der Waals surface area contributed by atoms with Gasteiger partial charge in [-0.3, -0.25) is 0 Å². The van der Waals surface area contributed by atoms with E-state index in [4.69, 9.17) is 0 Å². The SMILES string of the molecule is N#CCC1(c2cccc3ccccc23)CCCC1. The van der Waals surface area contributed by atoms with Gasteiger partial charge in [0.15, 0.2) is 0 Å². The molecule has 90 valence electrons. The third kappa shape index (κ3) is 1.69. The molecule has 0 amide bonds. The topological polar surface area (TPSA) is 23.8 Å². The maximum absolute atomic E-state index is 9.18. The van der Waals surface area contributed by atoms with Crippen molar-refractivity contribution in [1.82, 2.24) is 0 Å². The zero-order valence-corrected chi connectivity index (χ0v) is 10.5. The number of nitrogens with zero attached hydrogens (tertiary/aromatic N) is 1. The van der Waals surface area contributed by atoms with Gasteiger partial charge in [0.2, 0.25) is 0 Å². The molecule has 0 bridgehead atoms. The summed E-state index contributed by atoms with van der Waals surface area (Å²) in [7, 11) is 0. The zero-order valence-electron chi connectivity index (χ0n) is 10.5. The van der Waals surface area contributed by atoms with Gasteiger partial charge in [-0.05, 0) is 29.2 Å². The van der Waals surface area contributed by atoms with Gasteiger partial charge in [0.1, 0.15) is 0 Å². The van der Waals surface area contributed by atoms with Crippen molar-refractivity contribution in [2.45, 2.75) is 37.5 Å². The first kappa shape index (κ1) is 11.3. The van der Waals surface area contributed by atoms with Crippen molar-refractivity contribution in [3.63, 3.8) is 0 Å². The molecule has 0 radical (unpaired) electrons. The Morgan fingerprint density at radius 2 is 1.72 bits per heavy atom. The highest BCUT2D eigenvalue weighted by atomic mass is 14.4. The summed E-state index contributed by atoms with van der Waals surface area (Å²) in [5.74, 6) is 0. The summed E-state index contributed by atoms with van der Waals surface area (Å²) in [4.78, 5) is 0. The van der Waals surface area contributed by atoms with Crippen LogP contribution in [0.4, 0.5) is 0 Å². The quantitative estimate of drug-likeness (QED) is 0.748. The minimum atomic E-state index is 0.107. The van der Waals surface area contributed by atoms with Crippen molar-refractivity contribution < 1.29 is 0 Å². The average molecular weight is 235 g/mol. The van der Waals surface area contributed by atoms with Crippen LogP contribution in [0.25, 0.3) is 10.8 Å². The molecule has 1 saturated carbocycles. The molecule has 1 fully saturated rings. The second-order valence-corrected chi connectivity index (χ2v) is 5.35. The Kier molecular flexibility index (Phi) is 2.80. The van der Waals surface area contributed by atoms with E-state index in [1.165, 1.54) is 29.2 Å². The highest BCUT2D eigenvalue weighted by molar-refractivity contribution is 5.86. The van der Waals surface area contributed by atoms with Gasteiger partial charge in [-0.25, -0.2) is 0 Å². The van der Waals surface area contributed by atoms with Gasteiger partial charge in [-0.1, -0.05) is 55.3 Å². The lowest BCUT2D eigenvalue weighted by molar-refractivity contribution is 0.455. The summed E-state index contributed by atoms with van der Waals surface area (Å²) >= 11 is 0. The molecule has 2 aromatic rings. The fraction of sp³-hybridized carbons (Fsp3) is 0.353. The van der Waals surface area contributed by atoms with Crippen LogP contribution in [0.2, 0.25) is 0 Å². The van der Waals surface area contributed by atoms with Gasteiger partial charge in [0.25, 0.3) is 0 Å². The Morgan fingerprint density at radius 3 is 2.50 bits per heavy atom. The Morgan fingerprint density at radius 1 is 1.00 bits per heavy atom. The summed E-state index contributed by atoms with van der Waals surface area (Å²) in [6.45, 7) is 0.